The molecule has 172 valence electrons. The Morgan fingerprint density at radius 3 is 1.97 bits per heavy atom. The molecule has 5 rings (SSSR count). The van der Waals surface area contributed by atoms with Crippen LogP contribution in [0.5, 0.6) is 0 Å². The van der Waals surface area contributed by atoms with Gasteiger partial charge in [0.2, 0.25) is 0 Å². The van der Waals surface area contributed by atoms with Gasteiger partial charge in [0.05, 0.1) is 17.4 Å². The number of anilines is 3. The van der Waals surface area contributed by atoms with Gasteiger partial charge in [-0.25, -0.2) is 9.07 Å². The summed E-state index contributed by atoms with van der Waals surface area (Å²) in [7, 11) is 0. The molecule has 0 saturated heterocycles. The lowest BCUT2D eigenvalue weighted by molar-refractivity contribution is 0.101. The van der Waals surface area contributed by atoms with Gasteiger partial charge in [-0.15, -0.1) is 0 Å². The molecule has 8 heteroatoms. The number of nitrogens with one attached hydrogen (secondary N) is 2. The van der Waals surface area contributed by atoms with Gasteiger partial charge in [0.15, 0.2) is 0 Å². The molecule has 0 radical (unpaired) electrons. The molecule has 1 heterocycles. The van der Waals surface area contributed by atoms with E-state index in [4.69, 9.17) is 5.73 Å². The Balaban J connectivity index is 1.31. The zero-order valence-corrected chi connectivity index (χ0v) is 18.4. The number of hydrogen-bond donors (Lipinski definition) is 3. The van der Waals surface area contributed by atoms with Crippen molar-refractivity contribution < 1.29 is 14.0 Å². The predicted molar refractivity (Wildman–Crippen MR) is 134 cm³/mol. The van der Waals surface area contributed by atoms with Crippen molar-refractivity contribution in [3.05, 3.63) is 114 Å². The van der Waals surface area contributed by atoms with E-state index < -0.39 is 5.82 Å². The molecule has 4 aromatic carbocycles. The summed E-state index contributed by atoms with van der Waals surface area (Å²) in [6.07, 6.45) is 1.71. The number of rotatable bonds is 5. The van der Waals surface area contributed by atoms with E-state index in [0.717, 1.165) is 16.6 Å². The summed E-state index contributed by atoms with van der Waals surface area (Å²) in [6, 6.07) is 24.8. The Kier molecular flexibility index (Phi) is 5.68. The highest BCUT2D eigenvalue weighted by molar-refractivity contribution is 6.05. The monoisotopic (exact) mass is 465 g/mol. The van der Waals surface area contributed by atoms with E-state index in [9.17, 15) is 14.0 Å². The van der Waals surface area contributed by atoms with Crippen LogP contribution in [0.25, 0.3) is 16.6 Å². The largest absolute Gasteiger partial charge is 0.399 e. The number of aromatic nitrogens is 2. The van der Waals surface area contributed by atoms with Gasteiger partial charge in [-0.2, -0.15) is 5.10 Å². The molecule has 0 bridgehead atoms. The Bertz CT molecular complexity index is 1530. The van der Waals surface area contributed by atoms with E-state index in [0.29, 0.717) is 28.2 Å². The molecular weight excluding hydrogens is 445 g/mol. The first-order chi connectivity index (χ1) is 17.0. The van der Waals surface area contributed by atoms with Crippen LogP contribution in [0.15, 0.2) is 97.2 Å². The summed E-state index contributed by atoms with van der Waals surface area (Å²) in [5, 5.41) is 11.0. The van der Waals surface area contributed by atoms with Crippen molar-refractivity contribution in [3.63, 3.8) is 0 Å². The van der Waals surface area contributed by atoms with Crippen LogP contribution in [-0.2, 0) is 0 Å². The van der Waals surface area contributed by atoms with E-state index >= 15 is 0 Å². The average Bonchev–Trinajstić information content (AvgIpc) is 3.28. The minimum Gasteiger partial charge on any atom is -0.399 e. The Morgan fingerprint density at radius 2 is 1.31 bits per heavy atom. The Labute approximate surface area is 200 Å². The minimum absolute atomic E-state index is 0.225. The van der Waals surface area contributed by atoms with Crippen molar-refractivity contribution in [1.29, 1.82) is 0 Å². The first-order valence-electron chi connectivity index (χ1n) is 10.8. The van der Waals surface area contributed by atoms with Crippen molar-refractivity contribution >= 4 is 39.8 Å². The highest BCUT2D eigenvalue weighted by atomic mass is 19.1. The Morgan fingerprint density at radius 1 is 0.743 bits per heavy atom. The van der Waals surface area contributed by atoms with Crippen LogP contribution in [0.1, 0.15) is 20.7 Å². The number of amides is 2. The maximum Gasteiger partial charge on any atom is 0.255 e. The maximum atomic E-state index is 13.1. The second kappa shape index (κ2) is 9.11. The molecule has 0 spiro atoms. The van der Waals surface area contributed by atoms with Gasteiger partial charge in [0.1, 0.15) is 5.82 Å². The van der Waals surface area contributed by atoms with E-state index in [1.54, 1.807) is 53.3 Å². The van der Waals surface area contributed by atoms with E-state index in [1.807, 2.05) is 24.3 Å². The number of fused-ring (bicyclic) bond motifs is 1. The molecule has 0 fully saturated rings. The quantitative estimate of drug-likeness (QED) is 0.309. The number of nitrogen functional groups attached to an aromatic ring is 1. The van der Waals surface area contributed by atoms with Gasteiger partial charge in [-0.3, -0.25) is 9.59 Å². The van der Waals surface area contributed by atoms with Gasteiger partial charge < -0.3 is 16.4 Å². The highest BCUT2D eigenvalue weighted by Gasteiger charge is 2.10. The fraction of sp³-hybridized carbons (Fsp3) is 0. The smallest absolute Gasteiger partial charge is 0.255 e. The predicted octanol–water partition coefficient (Wildman–Crippen LogP) is 5.25. The van der Waals surface area contributed by atoms with Crippen LogP contribution in [0.3, 0.4) is 0 Å². The summed E-state index contributed by atoms with van der Waals surface area (Å²) in [5.41, 5.74) is 10.1. The molecule has 0 aliphatic rings. The molecule has 0 aliphatic carbocycles. The molecular formula is C27H20FN5O2. The van der Waals surface area contributed by atoms with Gasteiger partial charge >= 0.3 is 0 Å². The van der Waals surface area contributed by atoms with Crippen LogP contribution in [0.4, 0.5) is 21.5 Å². The second-order valence-corrected chi connectivity index (χ2v) is 7.91. The van der Waals surface area contributed by atoms with Crippen molar-refractivity contribution in [1.82, 2.24) is 9.78 Å². The highest BCUT2D eigenvalue weighted by Crippen LogP contribution is 2.23. The number of halogens is 1. The van der Waals surface area contributed by atoms with Crippen LogP contribution >= 0.6 is 0 Å². The fourth-order valence-corrected chi connectivity index (χ4v) is 3.64. The van der Waals surface area contributed by atoms with Crippen molar-refractivity contribution in [3.8, 4) is 5.69 Å². The summed E-state index contributed by atoms with van der Waals surface area (Å²) in [5.74, 6) is -0.946. The summed E-state index contributed by atoms with van der Waals surface area (Å²) in [4.78, 5) is 24.8. The SMILES string of the molecule is Nc1ccc(C(=O)Nc2ccc(-n3ncc4cc(NC(=O)c5ccc(F)cc5)ccc43)cc2)cc1. The van der Waals surface area contributed by atoms with Crippen molar-refractivity contribution in [2.75, 3.05) is 16.4 Å². The van der Waals surface area contributed by atoms with Crippen LogP contribution in [-0.4, -0.2) is 21.6 Å². The zero-order valence-electron chi connectivity index (χ0n) is 18.4. The third-order valence-electron chi connectivity index (χ3n) is 5.47. The lowest BCUT2D eigenvalue weighted by atomic mass is 10.2. The molecule has 5 aromatic rings. The third kappa shape index (κ3) is 4.72. The van der Waals surface area contributed by atoms with Crippen molar-refractivity contribution in [2.45, 2.75) is 0 Å². The van der Waals surface area contributed by atoms with Crippen LogP contribution < -0.4 is 16.4 Å². The summed E-state index contributed by atoms with van der Waals surface area (Å²) < 4.78 is 14.9. The van der Waals surface area contributed by atoms with Crippen molar-refractivity contribution in [2.24, 2.45) is 0 Å². The number of carbonyl (C=O) groups excluding carboxylic acids is 2. The first-order valence-corrected chi connectivity index (χ1v) is 10.8. The molecule has 4 N–H and O–H groups in total. The van der Waals surface area contributed by atoms with E-state index in [1.165, 1.54) is 24.3 Å². The van der Waals surface area contributed by atoms with Crippen LogP contribution in [0.2, 0.25) is 0 Å². The number of benzene rings is 4. The normalized spacial score (nSPS) is 10.8. The van der Waals surface area contributed by atoms with Gasteiger partial charge in [0, 0.05) is 33.6 Å². The van der Waals surface area contributed by atoms with E-state index in [2.05, 4.69) is 15.7 Å². The fourth-order valence-electron chi connectivity index (χ4n) is 3.64. The number of carbonyl (C=O) groups is 2. The number of hydrogen-bond acceptors (Lipinski definition) is 4. The third-order valence-corrected chi connectivity index (χ3v) is 5.47. The minimum atomic E-state index is -0.396. The number of nitrogens with zero attached hydrogens (tertiary/aromatic N) is 2. The molecule has 0 saturated carbocycles. The molecule has 7 nitrogen and oxygen atoms in total. The lowest BCUT2D eigenvalue weighted by Crippen LogP contribution is -2.12. The zero-order chi connectivity index (χ0) is 24.4. The average molecular weight is 465 g/mol. The lowest BCUT2D eigenvalue weighted by Gasteiger charge is -2.09. The molecule has 2 amide bonds. The standard InChI is InChI=1S/C27H20FN5O2/c28-20-5-1-17(2-6-20)27(35)32-23-11-14-25-19(15-23)16-30-33(25)24-12-9-22(10-13-24)31-26(34)18-3-7-21(29)8-4-18/h1-16H,29H2,(H,31,34)(H,32,35). The topological polar surface area (TPSA) is 102 Å². The first kappa shape index (κ1) is 21.8. The van der Waals surface area contributed by atoms with Gasteiger partial charge in [0.25, 0.3) is 11.8 Å². The Hall–Kier alpha value is -4.98. The maximum absolute atomic E-state index is 13.1. The van der Waals surface area contributed by atoms with Gasteiger partial charge in [-0.1, -0.05) is 0 Å². The van der Waals surface area contributed by atoms with E-state index in [-0.39, 0.29) is 11.8 Å². The summed E-state index contributed by atoms with van der Waals surface area (Å²) in [6.45, 7) is 0. The van der Waals surface area contributed by atoms with Crippen LogP contribution in [0, 0.1) is 5.82 Å². The molecule has 0 unspecified atom stereocenters. The molecule has 0 aliphatic heterocycles. The summed E-state index contributed by atoms with van der Waals surface area (Å²) >= 11 is 0. The second-order valence-electron chi connectivity index (χ2n) is 7.91. The molecule has 1 aromatic heterocycles. The molecule has 35 heavy (non-hydrogen) atoms. The van der Waals surface area contributed by atoms with Gasteiger partial charge in [-0.05, 0) is 91.0 Å². The molecule has 0 atom stereocenters. The number of nitrogens with two attached hydrogens (primary N) is 1.